The van der Waals surface area contributed by atoms with Gasteiger partial charge in [0.15, 0.2) is 8.07 Å². The number of nitrogens with zero attached hydrogens (tertiary/aromatic N) is 3. The molecule has 13 rings (SSSR count). The number of benzene rings is 8. The molecule has 3 nitrogen and oxygen atoms in total. The molecule has 0 bridgehead atoms. The van der Waals surface area contributed by atoms with E-state index >= 15 is 0 Å². The van der Waals surface area contributed by atoms with Gasteiger partial charge in [0, 0.05) is 50.9 Å². The minimum atomic E-state index is -3.02. The van der Waals surface area contributed by atoms with Gasteiger partial charge in [-0.2, -0.15) is 0 Å². The van der Waals surface area contributed by atoms with Crippen molar-refractivity contribution in [3.63, 3.8) is 0 Å². The third kappa shape index (κ3) is 7.13. The summed E-state index contributed by atoms with van der Waals surface area (Å²) in [6, 6.07) is 68.1. The fourth-order valence-corrected chi connectivity index (χ4v) is 20.3. The zero-order valence-electron chi connectivity index (χ0n) is 48.4. The molecule has 2 atom stereocenters. The molecule has 0 aromatic heterocycles. The normalized spacial score (nSPS) is 20.0. The van der Waals surface area contributed by atoms with E-state index in [-0.39, 0.29) is 39.3 Å². The van der Waals surface area contributed by atoms with E-state index in [4.69, 9.17) is 0 Å². The van der Waals surface area contributed by atoms with Crippen LogP contribution in [0.3, 0.4) is 0 Å². The first kappa shape index (κ1) is 50.0. The van der Waals surface area contributed by atoms with Crippen LogP contribution in [0.1, 0.15) is 150 Å². The van der Waals surface area contributed by atoms with Gasteiger partial charge in [-0.25, -0.2) is 0 Å². The maximum Gasteiger partial charge on any atom is 0.251 e. The summed E-state index contributed by atoms with van der Waals surface area (Å²) < 4.78 is 0. The average Bonchev–Trinajstić information content (AvgIpc) is 3.38. The van der Waals surface area contributed by atoms with Gasteiger partial charge < -0.3 is 14.7 Å². The fraction of sp³-hybridized carbons (Fsp3) is 0.333. The molecule has 8 aromatic carbocycles. The van der Waals surface area contributed by atoms with Crippen molar-refractivity contribution in [1.82, 2.24) is 0 Å². The second kappa shape index (κ2) is 16.7. The zero-order chi connectivity index (χ0) is 54.0. The van der Waals surface area contributed by atoms with Gasteiger partial charge in [0.05, 0.1) is 5.54 Å². The molecular formula is C72H78BN3Si. The fourth-order valence-electron chi connectivity index (χ4n) is 15.0. The van der Waals surface area contributed by atoms with Crippen LogP contribution in [0.25, 0.3) is 0 Å². The largest absolute Gasteiger partial charge is 0.334 e. The third-order valence-electron chi connectivity index (χ3n) is 19.5. The molecule has 5 heteroatoms. The number of hydrogen-bond donors (Lipinski definition) is 0. The Morgan fingerprint density at radius 1 is 0.390 bits per heavy atom. The highest BCUT2D eigenvalue weighted by Crippen LogP contribution is 2.62. The highest BCUT2D eigenvalue weighted by Gasteiger charge is 2.60. The highest BCUT2D eigenvalue weighted by atomic mass is 28.3. The zero-order valence-corrected chi connectivity index (χ0v) is 49.4. The lowest BCUT2D eigenvalue weighted by atomic mass is 9.33. The lowest BCUT2D eigenvalue weighted by Gasteiger charge is -2.53. The van der Waals surface area contributed by atoms with Gasteiger partial charge in [-0.15, -0.1) is 0 Å². The maximum atomic E-state index is 2.84. The van der Waals surface area contributed by atoms with Crippen molar-refractivity contribution >= 4 is 97.4 Å². The molecule has 1 saturated carbocycles. The van der Waals surface area contributed by atoms with Gasteiger partial charge in [-0.1, -0.05) is 218 Å². The van der Waals surface area contributed by atoms with Gasteiger partial charge in [0.25, 0.3) is 6.71 Å². The van der Waals surface area contributed by atoms with Crippen LogP contribution in [0, 0.1) is 0 Å². The summed E-state index contributed by atoms with van der Waals surface area (Å²) in [5, 5.41) is 5.82. The monoisotopic (exact) mass is 1020 g/mol. The first-order valence-corrected chi connectivity index (χ1v) is 30.8. The molecule has 77 heavy (non-hydrogen) atoms. The Morgan fingerprint density at radius 3 is 1.38 bits per heavy atom. The second-order valence-electron chi connectivity index (χ2n) is 28.2. The number of anilines is 8. The van der Waals surface area contributed by atoms with Crippen molar-refractivity contribution in [2.24, 2.45) is 0 Å². The Hall–Kier alpha value is -6.56. The van der Waals surface area contributed by atoms with Crippen molar-refractivity contribution in [2.45, 2.75) is 155 Å². The summed E-state index contributed by atoms with van der Waals surface area (Å²) in [5.74, 6) is 0. The molecular weight excluding hydrogens is 946 g/mol. The molecule has 1 aliphatic carbocycles. The minimum Gasteiger partial charge on any atom is -0.334 e. The predicted molar refractivity (Wildman–Crippen MR) is 335 cm³/mol. The van der Waals surface area contributed by atoms with Crippen molar-refractivity contribution in [2.75, 3.05) is 14.7 Å². The van der Waals surface area contributed by atoms with Gasteiger partial charge in [0.1, 0.15) is 0 Å². The lowest BCUT2D eigenvalue weighted by Crippen LogP contribution is -2.88. The van der Waals surface area contributed by atoms with E-state index in [0.29, 0.717) is 0 Å². The van der Waals surface area contributed by atoms with E-state index in [1.807, 2.05) is 0 Å². The molecule has 2 unspecified atom stereocenters. The van der Waals surface area contributed by atoms with Crippen LogP contribution < -0.4 is 51.8 Å². The van der Waals surface area contributed by atoms with Crippen LogP contribution in [-0.4, -0.2) is 20.3 Å². The number of hydrogen-bond acceptors (Lipinski definition) is 3. The molecule has 4 heterocycles. The van der Waals surface area contributed by atoms with Crippen molar-refractivity contribution < 1.29 is 0 Å². The average molecular weight is 1020 g/mol. The van der Waals surface area contributed by atoms with Gasteiger partial charge in [-0.05, 0) is 161 Å². The lowest BCUT2D eigenvalue weighted by molar-refractivity contribution is 0.195. The smallest absolute Gasteiger partial charge is 0.251 e. The Labute approximate surface area is 462 Å². The van der Waals surface area contributed by atoms with E-state index in [0.717, 1.165) is 6.42 Å². The molecule has 8 aromatic rings. The van der Waals surface area contributed by atoms with Crippen LogP contribution in [0.2, 0.25) is 0 Å². The van der Waals surface area contributed by atoms with Crippen LogP contribution in [0.15, 0.2) is 170 Å². The standard InChI is InChI=1S/C72H78BN3Si/c1-67(2,3)47-33-36-51(37-34-47)74-58-29-23-31-62-65(58)73-64-60(74)45-53(76-57-38-35-48(68(4,5)6)44-56(57)71(13)39-21-22-40-72(71,76)14)46-61(64)75(52-42-49(69(7,8)9)41-50(43-52)70(10,11)12)59-30-24-32-63(66(59)73)77(62,54-25-17-15-18-26-54)55-27-19-16-20-28-55/h15-20,23-38,41-46H,21-22,39-40H2,1-14H3. The van der Waals surface area contributed by atoms with Crippen LogP contribution in [0.5, 0.6) is 0 Å². The topological polar surface area (TPSA) is 9.72 Å². The molecule has 388 valence electrons. The quantitative estimate of drug-likeness (QED) is 0.159. The Bertz CT molecular complexity index is 3610. The summed E-state index contributed by atoms with van der Waals surface area (Å²) >= 11 is 0. The van der Waals surface area contributed by atoms with E-state index in [1.165, 1.54) is 130 Å². The molecule has 5 aliphatic rings. The minimum absolute atomic E-state index is 0.00414. The number of rotatable bonds is 5. The van der Waals surface area contributed by atoms with Crippen LogP contribution >= 0.6 is 0 Å². The summed E-state index contributed by atoms with van der Waals surface area (Å²) in [6.07, 6.45) is 4.77. The van der Waals surface area contributed by atoms with E-state index in [1.54, 1.807) is 0 Å². The molecule has 1 fully saturated rings. The summed E-state index contributed by atoms with van der Waals surface area (Å²) in [5.41, 5.74) is 21.2. The molecule has 0 saturated heterocycles. The Kier molecular flexibility index (Phi) is 10.9. The van der Waals surface area contributed by atoms with Gasteiger partial charge >= 0.3 is 0 Å². The summed E-state index contributed by atoms with van der Waals surface area (Å²) in [7, 11) is -3.02. The maximum absolute atomic E-state index is 3.02. The van der Waals surface area contributed by atoms with E-state index < -0.39 is 8.07 Å². The van der Waals surface area contributed by atoms with Crippen molar-refractivity contribution in [1.29, 1.82) is 0 Å². The van der Waals surface area contributed by atoms with E-state index in [9.17, 15) is 0 Å². The number of fused-ring (bicyclic) bond motifs is 3. The Balaban J connectivity index is 1.21. The summed E-state index contributed by atoms with van der Waals surface area (Å²) in [6.45, 7) is 33.7. The van der Waals surface area contributed by atoms with Crippen molar-refractivity contribution in [3.8, 4) is 0 Å². The first-order valence-electron chi connectivity index (χ1n) is 28.8. The first-order chi connectivity index (χ1) is 36.5. The SMILES string of the molecule is CC(C)(C)c1ccc(N2c3cc(N4c5ccc(C(C)(C)C)cc5C5(C)CCCCC45C)cc4c3B3c5c2cccc5[Si](c2ccccc2)(c2ccccc2)c2cccc(c23)N4c2cc(C(C)(C)C)cc(C(C)(C)C)c2)cc1. The van der Waals surface area contributed by atoms with Crippen LogP contribution in [-0.2, 0) is 27.1 Å². The predicted octanol–water partition coefficient (Wildman–Crippen LogP) is 14.4. The van der Waals surface area contributed by atoms with Gasteiger partial charge in [-0.3, -0.25) is 0 Å². The molecule has 0 spiro atoms. The van der Waals surface area contributed by atoms with Crippen LogP contribution in [0.4, 0.5) is 45.5 Å². The second-order valence-corrected chi connectivity index (χ2v) is 31.9. The third-order valence-corrected chi connectivity index (χ3v) is 24.4. The molecule has 4 aliphatic heterocycles. The highest BCUT2D eigenvalue weighted by molar-refractivity contribution is 7.27. The molecule has 0 N–H and O–H groups in total. The molecule has 0 amide bonds. The van der Waals surface area contributed by atoms with Crippen molar-refractivity contribution in [3.05, 3.63) is 198 Å². The van der Waals surface area contributed by atoms with E-state index in [2.05, 4.69) is 281 Å². The Morgan fingerprint density at radius 2 is 0.870 bits per heavy atom. The molecule has 0 radical (unpaired) electrons. The van der Waals surface area contributed by atoms with Gasteiger partial charge in [0.2, 0.25) is 0 Å². The summed E-state index contributed by atoms with van der Waals surface area (Å²) in [4.78, 5) is 8.29.